The van der Waals surface area contributed by atoms with E-state index in [1.54, 1.807) is 0 Å². The first-order valence-corrected chi connectivity index (χ1v) is 10.1. The molecule has 7 heteroatoms. The van der Waals surface area contributed by atoms with E-state index in [4.69, 9.17) is 5.26 Å². The molecule has 1 saturated carbocycles. The van der Waals surface area contributed by atoms with Crippen molar-refractivity contribution in [1.29, 1.82) is 10.5 Å². The van der Waals surface area contributed by atoms with Crippen LogP contribution in [0.5, 0.6) is 0 Å². The Bertz CT molecular complexity index is 987. The van der Waals surface area contributed by atoms with E-state index in [2.05, 4.69) is 16.0 Å². The summed E-state index contributed by atoms with van der Waals surface area (Å²) in [5.74, 6) is 0.272. The molecule has 0 bridgehead atoms. The topological polar surface area (TPSA) is 84.8 Å². The van der Waals surface area contributed by atoms with Crippen molar-refractivity contribution in [3.05, 3.63) is 36.0 Å². The highest BCUT2D eigenvalue weighted by Crippen LogP contribution is 2.30. The summed E-state index contributed by atoms with van der Waals surface area (Å²) >= 11 is 0. The molecule has 1 aromatic heterocycles. The summed E-state index contributed by atoms with van der Waals surface area (Å²) < 4.78 is 15.7. The number of carbonyl (C=O) groups is 1. The largest absolute Gasteiger partial charge is 0.346 e. The van der Waals surface area contributed by atoms with E-state index in [1.165, 1.54) is 4.90 Å². The molecule has 1 unspecified atom stereocenters. The molecule has 2 fully saturated rings. The Balaban J connectivity index is 1.32. The van der Waals surface area contributed by atoms with Crippen molar-refractivity contribution >= 4 is 16.8 Å². The first kappa shape index (κ1) is 19.4. The number of likely N-dealkylation sites (tertiary alicyclic amines) is 1. The van der Waals surface area contributed by atoms with Gasteiger partial charge in [0.1, 0.15) is 18.3 Å². The van der Waals surface area contributed by atoms with Crippen LogP contribution in [0.4, 0.5) is 4.39 Å². The van der Waals surface area contributed by atoms with Crippen LogP contribution in [0, 0.1) is 28.6 Å². The van der Waals surface area contributed by atoms with Gasteiger partial charge in [-0.25, -0.2) is 4.39 Å². The van der Waals surface area contributed by atoms with Crippen molar-refractivity contribution in [2.75, 3.05) is 13.1 Å². The molecular formula is C22H24FN5O. The normalized spacial score (nSPS) is 26.5. The number of para-hydroxylation sites is 1. The number of benzene rings is 1. The maximum absolute atomic E-state index is 13.5. The van der Waals surface area contributed by atoms with Crippen molar-refractivity contribution in [2.24, 2.45) is 5.92 Å². The molecule has 1 amide bonds. The predicted octanol–water partition coefficient (Wildman–Crippen LogP) is 2.73. The van der Waals surface area contributed by atoms with E-state index in [0.717, 1.165) is 36.7 Å². The van der Waals surface area contributed by atoms with Crippen LogP contribution in [0.2, 0.25) is 0 Å². The molecule has 29 heavy (non-hydrogen) atoms. The maximum atomic E-state index is 13.5. The molecule has 0 spiro atoms. The van der Waals surface area contributed by atoms with Gasteiger partial charge < -0.3 is 14.8 Å². The highest BCUT2D eigenvalue weighted by molar-refractivity contribution is 5.86. The third-order valence-corrected chi connectivity index (χ3v) is 6.17. The number of nitriles is 2. The highest BCUT2D eigenvalue weighted by Gasteiger charge is 2.35. The highest BCUT2D eigenvalue weighted by atomic mass is 19.1. The standard InChI is InChI=1S/C22H24FN5O/c23-17-8-19(10-25)28(14-17)22(29)11-26-18-6-5-15(7-18)12-27-13-16(9-24)20-3-1-2-4-21(20)27/h1-4,13,15,17-19,26H,5-8,11-12,14H2/t15?,17-,18+,19-/m0/s1. The van der Waals surface area contributed by atoms with E-state index in [-0.39, 0.29) is 31.5 Å². The molecule has 0 radical (unpaired) electrons. The smallest absolute Gasteiger partial charge is 0.237 e. The van der Waals surface area contributed by atoms with Crippen LogP contribution in [0.15, 0.2) is 30.5 Å². The average molecular weight is 393 g/mol. The van der Waals surface area contributed by atoms with Gasteiger partial charge in [0, 0.05) is 36.1 Å². The quantitative estimate of drug-likeness (QED) is 0.846. The SMILES string of the molecule is N#Cc1cn(CC2CC[C@@H](NCC(=O)N3C[C@@H](F)C[C@H]3C#N)C2)c2ccccc12. The summed E-state index contributed by atoms with van der Waals surface area (Å²) in [5, 5.41) is 22.7. The molecule has 1 aromatic carbocycles. The van der Waals surface area contributed by atoms with Crippen molar-refractivity contribution in [2.45, 2.75) is 50.5 Å². The second-order valence-electron chi connectivity index (χ2n) is 8.10. The Kier molecular flexibility index (Phi) is 5.51. The number of halogens is 1. The molecular weight excluding hydrogens is 369 g/mol. The van der Waals surface area contributed by atoms with Gasteiger partial charge in [0.2, 0.25) is 5.91 Å². The zero-order chi connectivity index (χ0) is 20.4. The van der Waals surface area contributed by atoms with E-state index in [0.29, 0.717) is 11.5 Å². The van der Waals surface area contributed by atoms with Gasteiger partial charge in [-0.1, -0.05) is 18.2 Å². The van der Waals surface area contributed by atoms with E-state index in [9.17, 15) is 14.4 Å². The second-order valence-corrected chi connectivity index (χ2v) is 8.10. The van der Waals surface area contributed by atoms with Crippen molar-refractivity contribution in [1.82, 2.24) is 14.8 Å². The average Bonchev–Trinajstić information content (AvgIpc) is 3.43. The van der Waals surface area contributed by atoms with E-state index in [1.807, 2.05) is 36.5 Å². The van der Waals surface area contributed by atoms with Gasteiger partial charge >= 0.3 is 0 Å². The Morgan fingerprint density at radius 2 is 2.07 bits per heavy atom. The van der Waals surface area contributed by atoms with Crippen LogP contribution in [0.25, 0.3) is 10.9 Å². The van der Waals surface area contributed by atoms with Gasteiger partial charge in [-0.15, -0.1) is 0 Å². The van der Waals surface area contributed by atoms with Gasteiger partial charge in [-0.3, -0.25) is 4.79 Å². The number of carbonyl (C=O) groups excluding carboxylic acids is 1. The number of nitrogens with zero attached hydrogens (tertiary/aromatic N) is 4. The van der Waals surface area contributed by atoms with Crippen molar-refractivity contribution in [3.63, 3.8) is 0 Å². The Hall–Kier alpha value is -2.90. The lowest BCUT2D eigenvalue weighted by molar-refractivity contribution is -0.130. The molecule has 4 rings (SSSR count). The lowest BCUT2D eigenvalue weighted by atomic mass is 10.1. The summed E-state index contributed by atoms with van der Waals surface area (Å²) in [5.41, 5.74) is 1.77. The summed E-state index contributed by atoms with van der Waals surface area (Å²) in [6, 6.07) is 11.8. The Labute approximate surface area is 169 Å². The number of aromatic nitrogens is 1. The zero-order valence-electron chi connectivity index (χ0n) is 16.2. The zero-order valence-corrected chi connectivity index (χ0v) is 16.2. The lowest BCUT2D eigenvalue weighted by Crippen LogP contribution is -2.43. The monoisotopic (exact) mass is 393 g/mol. The van der Waals surface area contributed by atoms with E-state index >= 15 is 0 Å². The second kappa shape index (κ2) is 8.23. The predicted molar refractivity (Wildman–Crippen MR) is 106 cm³/mol. The molecule has 1 aliphatic carbocycles. The maximum Gasteiger partial charge on any atom is 0.237 e. The third kappa shape index (κ3) is 3.97. The Morgan fingerprint density at radius 3 is 2.86 bits per heavy atom. The molecule has 150 valence electrons. The number of hydrogen-bond acceptors (Lipinski definition) is 4. The molecule has 2 heterocycles. The molecule has 6 nitrogen and oxygen atoms in total. The van der Waals surface area contributed by atoms with E-state index < -0.39 is 12.2 Å². The first-order valence-electron chi connectivity index (χ1n) is 10.1. The summed E-state index contributed by atoms with van der Waals surface area (Å²) in [6.45, 7) is 1.02. The molecule has 2 aromatic rings. The minimum atomic E-state index is -1.10. The Morgan fingerprint density at radius 1 is 1.24 bits per heavy atom. The molecule has 4 atom stereocenters. The number of alkyl halides is 1. The number of nitrogens with one attached hydrogen (secondary N) is 1. The number of rotatable bonds is 5. The summed E-state index contributed by atoms with van der Waals surface area (Å²) in [6.07, 6.45) is 3.93. The fourth-order valence-corrected chi connectivity index (χ4v) is 4.71. The van der Waals surface area contributed by atoms with Gasteiger partial charge in [0.25, 0.3) is 0 Å². The molecule has 1 aliphatic heterocycles. The fourth-order valence-electron chi connectivity index (χ4n) is 4.71. The molecule has 1 N–H and O–H groups in total. The van der Waals surface area contributed by atoms with Gasteiger partial charge in [-0.2, -0.15) is 10.5 Å². The minimum Gasteiger partial charge on any atom is -0.346 e. The number of fused-ring (bicyclic) bond motifs is 1. The fraction of sp³-hybridized carbons (Fsp3) is 0.500. The van der Waals surface area contributed by atoms with Crippen LogP contribution >= 0.6 is 0 Å². The number of hydrogen-bond donors (Lipinski definition) is 1. The minimum absolute atomic E-state index is 0.0218. The van der Waals surface area contributed by atoms with Gasteiger partial charge in [0.15, 0.2) is 0 Å². The van der Waals surface area contributed by atoms with Crippen LogP contribution in [-0.2, 0) is 11.3 Å². The lowest BCUT2D eigenvalue weighted by Gasteiger charge is -2.21. The summed E-state index contributed by atoms with van der Waals surface area (Å²) in [4.78, 5) is 13.7. The third-order valence-electron chi connectivity index (χ3n) is 6.17. The van der Waals surface area contributed by atoms with Crippen LogP contribution < -0.4 is 5.32 Å². The van der Waals surface area contributed by atoms with Crippen LogP contribution in [0.3, 0.4) is 0 Å². The van der Waals surface area contributed by atoms with Crippen LogP contribution in [-0.4, -0.2) is 46.7 Å². The van der Waals surface area contributed by atoms with Crippen molar-refractivity contribution < 1.29 is 9.18 Å². The molecule has 1 saturated heterocycles. The van der Waals surface area contributed by atoms with Crippen molar-refractivity contribution in [3.8, 4) is 12.1 Å². The van der Waals surface area contributed by atoms with Crippen LogP contribution in [0.1, 0.15) is 31.2 Å². The first-order chi connectivity index (χ1) is 14.1. The molecule has 2 aliphatic rings. The number of amides is 1. The summed E-state index contributed by atoms with van der Waals surface area (Å²) in [7, 11) is 0. The van der Waals surface area contributed by atoms with Gasteiger partial charge in [-0.05, 0) is 31.2 Å². The van der Waals surface area contributed by atoms with Gasteiger partial charge in [0.05, 0.1) is 24.7 Å².